The topological polar surface area (TPSA) is 0 Å². The van der Waals surface area contributed by atoms with Gasteiger partial charge in [0.15, 0.2) is 0 Å². The third-order valence-corrected chi connectivity index (χ3v) is 8.92. The van der Waals surface area contributed by atoms with Crippen LogP contribution in [0.15, 0.2) is 22.8 Å². The zero-order valence-electron chi connectivity index (χ0n) is 18.1. The molecule has 2 bridgehead atoms. The second-order valence-electron chi connectivity index (χ2n) is 10.3. The van der Waals surface area contributed by atoms with Crippen LogP contribution in [-0.2, 0) is 0 Å². The van der Waals surface area contributed by atoms with Gasteiger partial charge in [0.1, 0.15) is 0 Å². The van der Waals surface area contributed by atoms with E-state index in [0.717, 1.165) is 29.6 Å². The number of fused-ring (bicyclic) bond motifs is 2. The maximum atomic E-state index is 2.51. The molecule has 2 saturated carbocycles. The second-order valence-corrected chi connectivity index (χ2v) is 10.3. The zero-order valence-corrected chi connectivity index (χ0v) is 18.1. The van der Waals surface area contributed by atoms with Crippen LogP contribution in [0, 0.1) is 40.4 Å². The Kier molecular flexibility index (Phi) is 5.49. The van der Waals surface area contributed by atoms with Gasteiger partial charge in [-0.3, -0.25) is 0 Å². The molecular formula is C24H42. The zero-order chi connectivity index (χ0) is 18.4. The number of hydrogen-bond acceptors (Lipinski definition) is 0. The van der Waals surface area contributed by atoms with Gasteiger partial charge in [0, 0.05) is 0 Å². The Hall–Kier alpha value is -0.520. The van der Waals surface area contributed by atoms with Crippen molar-refractivity contribution in [2.75, 3.05) is 0 Å². The van der Waals surface area contributed by atoms with Gasteiger partial charge in [0.05, 0.1) is 0 Å². The molecule has 0 aromatic carbocycles. The molecule has 0 spiro atoms. The lowest BCUT2D eigenvalue weighted by Gasteiger charge is -2.47. The molecule has 2 rings (SSSR count). The molecule has 0 aromatic rings. The molecular weight excluding hydrogens is 288 g/mol. The van der Waals surface area contributed by atoms with E-state index in [9.17, 15) is 0 Å². The van der Waals surface area contributed by atoms with Crippen LogP contribution < -0.4 is 0 Å². The van der Waals surface area contributed by atoms with Crippen molar-refractivity contribution in [2.45, 2.75) is 88.5 Å². The first kappa shape index (κ1) is 19.8. The maximum Gasteiger partial charge on any atom is -0.00564 e. The average molecular weight is 331 g/mol. The average Bonchev–Trinajstić information content (AvgIpc) is 3.03. The molecule has 0 aliphatic heterocycles. The number of rotatable bonds is 5. The van der Waals surface area contributed by atoms with Crippen LogP contribution in [0.3, 0.4) is 0 Å². The molecule has 0 N–H and O–H groups in total. The minimum atomic E-state index is 0.199. The Labute approximate surface area is 152 Å². The summed E-state index contributed by atoms with van der Waals surface area (Å²) in [6.45, 7) is 24.0. The summed E-state index contributed by atoms with van der Waals surface area (Å²) in [7, 11) is 0. The van der Waals surface area contributed by atoms with Crippen molar-refractivity contribution >= 4 is 0 Å². The highest BCUT2D eigenvalue weighted by Crippen LogP contribution is 2.59. The van der Waals surface area contributed by atoms with Gasteiger partial charge < -0.3 is 0 Å². The first-order chi connectivity index (χ1) is 10.9. The van der Waals surface area contributed by atoms with Gasteiger partial charge >= 0.3 is 0 Å². The van der Waals surface area contributed by atoms with E-state index in [1.807, 2.05) is 0 Å². The highest BCUT2D eigenvalue weighted by molar-refractivity contribution is 5.27. The lowest BCUT2D eigenvalue weighted by molar-refractivity contribution is 0.155. The molecule has 0 amide bonds. The van der Waals surface area contributed by atoms with Crippen molar-refractivity contribution in [3.05, 3.63) is 22.8 Å². The molecule has 5 unspecified atom stereocenters. The molecule has 0 heterocycles. The maximum absolute atomic E-state index is 2.51. The van der Waals surface area contributed by atoms with E-state index in [0.29, 0.717) is 0 Å². The summed E-state index contributed by atoms with van der Waals surface area (Å²) in [4.78, 5) is 0. The van der Waals surface area contributed by atoms with Crippen LogP contribution >= 0.6 is 0 Å². The lowest BCUT2D eigenvalue weighted by Crippen LogP contribution is -2.37. The van der Waals surface area contributed by atoms with Gasteiger partial charge in [-0.25, -0.2) is 0 Å². The van der Waals surface area contributed by atoms with Crippen molar-refractivity contribution in [3.63, 3.8) is 0 Å². The molecule has 2 aliphatic carbocycles. The third kappa shape index (κ3) is 3.04. The van der Waals surface area contributed by atoms with E-state index < -0.39 is 0 Å². The summed E-state index contributed by atoms with van der Waals surface area (Å²) >= 11 is 0. The highest BCUT2D eigenvalue weighted by atomic mass is 14.5. The number of hydrogen-bond donors (Lipinski definition) is 0. The van der Waals surface area contributed by atoms with E-state index in [2.05, 4.69) is 75.3 Å². The molecule has 138 valence electrons. The first-order valence-electron chi connectivity index (χ1n) is 10.2. The predicted octanol–water partition coefficient (Wildman–Crippen LogP) is 7.66. The fraction of sp³-hybridized carbons (Fsp3) is 0.833. The molecule has 24 heavy (non-hydrogen) atoms. The van der Waals surface area contributed by atoms with Crippen LogP contribution in [0.5, 0.6) is 0 Å². The van der Waals surface area contributed by atoms with E-state index >= 15 is 0 Å². The van der Waals surface area contributed by atoms with Crippen molar-refractivity contribution in [2.24, 2.45) is 40.4 Å². The Bertz CT molecular complexity index is 522. The van der Waals surface area contributed by atoms with Crippen LogP contribution in [0.1, 0.15) is 88.5 Å². The second kappa shape index (κ2) is 6.65. The van der Waals surface area contributed by atoms with Crippen LogP contribution in [-0.4, -0.2) is 0 Å². The minimum Gasteiger partial charge on any atom is -0.0879 e. The van der Waals surface area contributed by atoms with Crippen LogP contribution in [0.25, 0.3) is 0 Å². The monoisotopic (exact) mass is 330 g/mol. The van der Waals surface area contributed by atoms with Crippen molar-refractivity contribution in [1.82, 2.24) is 0 Å². The van der Waals surface area contributed by atoms with Crippen molar-refractivity contribution in [1.29, 1.82) is 0 Å². The summed E-state index contributed by atoms with van der Waals surface area (Å²) in [5.74, 6) is 4.79. The fourth-order valence-corrected chi connectivity index (χ4v) is 5.84. The van der Waals surface area contributed by atoms with Gasteiger partial charge in [-0.05, 0) is 87.4 Å². The largest absolute Gasteiger partial charge is 0.0879 e. The first-order valence-corrected chi connectivity index (χ1v) is 10.2. The Morgan fingerprint density at radius 1 is 0.917 bits per heavy atom. The Balaban J connectivity index is 2.22. The van der Waals surface area contributed by atoms with Crippen molar-refractivity contribution in [3.8, 4) is 0 Å². The van der Waals surface area contributed by atoms with Gasteiger partial charge in [0.25, 0.3) is 0 Å². The molecule has 2 fully saturated rings. The summed E-state index contributed by atoms with van der Waals surface area (Å²) in [5, 5.41) is 0. The lowest BCUT2D eigenvalue weighted by atomic mass is 9.58. The molecule has 0 aromatic heterocycles. The quantitative estimate of drug-likeness (QED) is 0.454. The van der Waals surface area contributed by atoms with Gasteiger partial charge in [-0.15, -0.1) is 0 Å². The summed E-state index contributed by atoms with van der Waals surface area (Å²) in [6, 6.07) is 0. The molecule has 0 nitrogen and oxygen atoms in total. The number of allylic oxidation sites excluding steroid dienone is 4. The van der Waals surface area contributed by atoms with Gasteiger partial charge in [-0.2, -0.15) is 0 Å². The molecule has 5 atom stereocenters. The van der Waals surface area contributed by atoms with E-state index in [-0.39, 0.29) is 10.8 Å². The van der Waals surface area contributed by atoms with Crippen LogP contribution in [0.4, 0.5) is 0 Å². The van der Waals surface area contributed by atoms with E-state index in [1.165, 1.54) is 24.8 Å². The molecule has 2 aliphatic rings. The van der Waals surface area contributed by atoms with Crippen LogP contribution in [0.2, 0.25) is 0 Å². The minimum absolute atomic E-state index is 0.199. The standard InChI is InChI=1S/C24H42/c1-11-21(24(9,10)23(7,8)18(6)15(2)3)13-20-12-19-14-22(20)17(5)16(19)4/h11,16-17,19-20,22H,12-14H2,1-10H3. The Morgan fingerprint density at radius 3 is 1.92 bits per heavy atom. The Morgan fingerprint density at radius 2 is 1.50 bits per heavy atom. The van der Waals surface area contributed by atoms with Gasteiger partial charge in [-0.1, -0.05) is 64.3 Å². The highest BCUT2D eigenvalue weighted by Gasteiger charge is 2.50. The van der Waals surface area contributed by atoms with Gasteiger partial charge in [0.2, 0.25) is 0 Å². The molecule has 0 heteroatoms. The smallest absolute Gasteiger partial charge is 0.00564 e. The van der Waals surface area contributed by atoms with E-state index in [4.69, 9.17) is 0 Å². The van der Waals surface area contributed by atoms with Crippen molar-refractivity contribution < 1.29 is 0 Å². The molecule has 0 saturated heterocycles. The summed E-state index contributed by atoms with van der Waals surface area (Å²) in [5.41, 5.74) is 5.13. The fourth-order valence-electron chi connectivity index (χ4n) is 5.84. The third-order valence-electron chi connectivity index (χ3n) is 8.92. The summed E-state index contributed by atoms with van der Waals surface area (Å²) < 4.78 is 0. The molecule has 0 radical (unpaired) electrons. The normalized spacial score (nSPS) is 33.9. The predicted molar refractivity (Wildman–Crippen MR) is 108 cm³/mol. The summed E-state index contributed by atoms with van der Waals surface area (Å²) in [6.07, 6.45) is 6.74. The SMILES string of the molecule is CC=C(CC1CC2CC1C(C)C2C)C(C)(C)C(C)(C)C(C)=C(C)C. The van der Waals surface area contributed by atoms with E-state index in [1.54, 1.807) is 11.1 Å².